The molecule has 1 aliphatic rings. The number of esters is 1. The van der Waals surface area contributed by atoms with E-state index in [1.54, 1.807) is 72.8 Å². The van der Waals surface area contributed by atoms with Crippen LogP contribution >= 0.6 is 11.8 Å². The SMILES string of the molecule is COC(=O)c1ccc(N2C(=O)CC(Sc3ccc(NC(=O)/C(=C/c4cc(OC)ccc4OC)NC(=O)c4ccccc4)cc3)C2=O)cc1. The van der Waals surface area contributed by atoms with Crippen molar-refractivity contribution in [3.8, 4) is 11.5 Å². The average Bonchev–Trinajstić information content (AvgIpc) is 3.39. The Morgan fingerprint density at radius 2 is 1.54 bits per heavy atom. The number of rotatable bonds is 11. The Morgan fingerprint density at radius 3 is 2.19 bits per heavy atom. The lowest BCUT2D eigenvalue weighted by molar-refractivity contribution is -0.121. The van der Waals surface area contributed by atoms with E-state index in [0.717, 1.165) is 4.90 Å². The molecule has 4 aromatic carbocycles. The highest BCUT2D eigenvalue weighted by Gasteiger charge is 2.40. The Kier molecular flexibility index (Phi) is 10.6. The number of thioether (sulfide) groups is 1. The van der Waals surface area contributed by atoms with Gasteiger partial charge in [-0.05, 0) is 84.9 Å². The van der Waals surface area contributed by atoms with Crippen LogP contribution in [0, 0.1) is 0 Å². The maximum absolute atomic E-state index is 13.5. The summed E-state index contributed by atoms with van der Waals surface area (Å²) in [6.45, 7) is 0. The molecule has 11 nitrogen and oxygen atoms in total. The molecule has 1 atom stereocenters. The fourth-order valence-corrected chi connectivity index (χ4v) is 5.92. The second-order valence-corrected chi connectivity index (χ2v) is 11.7. The van der Waals surface area contributed by atoms with Gasteiger partial charge < -0.3 is 24.8 Å². The largest absolute Gasteiger partial charge is 0.497 e. The summed E-state index contributed by atoms with van der Waals surface area (Å²) in [6.07, 6.45) is 1.50. The molecule has 48 heavy (non-hydrogen) atoms. The van der Waals surface area contributed by atoms with Gasteiger partial charge in [0.25, 0.3) is 11.8 Å². The molecule has 0 aromatic heterocycles. The van der Waals surface area contributed by atoms with Crippen LogP contribution in [0.15, 0.2) is 108 Å². The van der Waals surface area contributed by atoms with Gasteiger partial charge in [0.1, 0.15) is 17.2 Å². The number of nitrogens with zero attached hydrogens (tertiary/aromatic N) is 1. The molecule has 0 radical (unpaired) electrons. The van der Waals surface area contributed by atoms with E-state index in [9.17, 15) is 24.0 Å². The van der Waals surface area contributed by atoms with Gasteiger partial charge in [-0.25, -0.2) is 9.69 Å². The van der Waals surface area contributed by atoms with Crippen LogP contribution < -0.4 is 25.0 Å². The molecule has 4 amide bonds. The first kappa shape index (κ1) is 33.5. The van der Waals surface area contributed by atoms with Crippen molar-refractivity contribution in [1.82, 2.24) is 5.32 Å². The van der Waals surface area contributed by atoms with Crippen molar-refractivity contribution < 1.29 is 38.2 Å². The number of amides is 4. The predicted molar refractivity (Wildman–Crippen MR) is 181 cm³/mol. The second-order valence-electron chi connectivity index (χ2n) is 10.4. The Labute approximate surface area is 280 Å². The number of methoxy groups -OCH3 is 3. The van der Waals surface area contributed by atoms with Gasteiger partial charge in [0.2, 0.25) is 11.8 Å². The van der Waals surface area contributed by atoms with Gasteiger partial charge in [-0.3, -0.25) is 19.2 Å². The van der Waals surface area contributed by atoms with Crippen LogP contribution in [0.4, 0.5) is 11.4 Å². The maximum atomic E-state index is 13.5. The van der Waals surface area contributed by atoms with Crippen LogP contribution in [0.25, 0.3) is 6.08 Å². The lowest BCUT2D eigenvalue weighted by Crippen LogP contribution is -2.31. The van der Waals surface area contributed by atoms with Crippen molar-refractivity contribution in [2.24, 2.45) is 0 Å². The highest BCUT2D eigenvalue weighted by molar-refractivity contribution is 8.00. The lowest BCUT2D eigenvalue weighted by Gasteiger charge is -2.15. The highest BCUT2D eigenvalue weighted by atomic mass is 32.2. The van der Waals surface area contributed by atoms with Crippen LogP contribution in [0.3, 0.4) is 0 Å². The normalized spacial score (nSPS) is 14.4. The molecule has 0 bridgehead atoms. The molecule has 2 N–H and O–H groups in total. The Hall–Kier alpha value is -5.88. The zero-order valence-corrected chi connectivity index (χ0v) is 27.0. The topological polar surface area (TPSA) is 140 Å². The van der Waals surface area contributed by atoms with Crippen LogP contribution in [-0.2, 0) is 19.1 Å². The van der Waals surface area contributed by atoms with Crippen LogP contribution in [0.2, 0.25) is 0 Å². The summed E-state index contributed by atoms with van der Waals surface area (Å²) in [6, 6.07) is 26.4. The molecule has 0 aliphatic carbocycles. The van der Waals surface area contributed by atoms with Crippen LogP contribution in [0.5, 0.6) is 11.5 Å². The van der Waals surface area contributed by atoms with Gasteiger partial charge in [-0.15, -0.1) is 11.8 Å². The fourth-order valence-electron chi connectivity index (χ4n) is 4.86. The van der Waals surface area contributed by atoms with Gasteiger partial charge in [-0.2, -0.15) is 0 Å². The predicted octanol–water partition coefficient (Wildman–Crippen LogP) is 5.32. The number of imide groups is 1. The van der Waals surface area contributed by atoms with Gasteiger partial charge in [0.05, 0.1) is 37.8 Å². The third-order valence-corrected chi connectivity index (χ3v) is 8.51. The number of ether oxygens (including phenoxy) is 3. The number of hydrogen-bond donors (Lipinski definition) is 2. The molecule has 0 saturated carbocycles. The maximum Gasteiger partial charge on any atom is 0.337 e. The van der Waals surface area contributed by atoms with Gasteiger partial charge >= 0.3 is 5.97 Å². The van der Waals surface area contributed by atoms with E-state index in [-0.39, 0.29) is 23.9 Å². The van der Waals surface area contributed by atoms with E-state index in [0.29, 0.717) is 44.5 Å². The third-order valence-electron chi connectivity index (χ3n) is 7.31. The van der Waals surface area contributed by atoms with Crippen molar-refractivity contribution in [1.29, 1.82) is 0 Å². The zero-order valence-electron chi connectivity index (χ0n) is 26.2. The van der Waals surface area contributed by atoms with Crippen LogP contribution in [-0.4, -0.2) is 56.2 Å². The summed E-state index contributed by atoms with van der Waals surface area (Å²) >= 11 is 1.23. The Balaban J connectivity index is 1.30. The lowest BCUT2D eigenvalue weighted by atomic mass is 10.1. The Morgan fingerprint density at radius 1 is 0.833 bits per heavy atom. The fraction of sp³-hybridized carbons (Fsp3) is 0.139. The number of nitrogens with one attached hydrogen (secondary N) is 2. The summed E-state index contributed by atoms with van der Waals surface area (Å²) in [4.78, 5) is 66.1. The Bertz CT molecular complexity index is 1880. The molecule has 1 aliphatic heterocycles. The van der Waals surface area contributed by atoms with Crippen molar-refractivity contribution in [2.75, 3.05) is 31.5 Å². The molecule has 1 heterocycles. The molecule has 12 heteroatoms. The van der Waals surface area contributed by atoms with E-state index < -0.39 is 23.0 Å². The van der Waals surface area contributed by atoms with Gasteiger partial charge in [0.15, 0.2) is 0 Å². The first-order valence-electron chi connectivity index (χ1n) is 14.6. The molecule has 0 spiro atoms. The second kappa shape index (κ2) is 15.1. The van der Waals surface area contributed by atoms with E-state index >= 15 is 0 Å². The molecular weight excluding hydrogens is 634 g/mol. The van der Waals surface area contributed by atoms with Crippen molar-refractivity contribution in [3.05, 3.63) is 119 Å². The van der Waals surface area contributed by atoms with Crippen LogP contribution in [0.1, 0.15) is 32.7 Å². The summed E-state index contributed by atoms with van der Waals surface area (Å²) in [7, 11) is 4.29. The third kappa shape index (κ3) is 7.73. The number of anilines is 2. The minimum absolute atomic E-state index is 0.00371. The minimum atomic E-state index is -0.654. The molecule has 1 unspecified atom stereocenters. The quantitative estimate of drug-likeness (QED) is 0.124. The van der Waals surface area contributed by atoms with Gasteiger partial charge in [-0.1, -0.05) is 18.2 Å². The number of benzene rings is 4. The van der Waals surface area contributed by atoms with E-state index in [2.05, 4.69) is 10.6 Å². The van der Waals surface area contributed by atoms with E-state index in [1.165, 1.54) is 63.4 Å². The number of hydrogen-bond acceptors (Lipinski definition) is 9. The standard InChI is InChI=1S/C36H31N3O8S/c1-45-27-15-18-30(46-2)24(19-27)20-29(38-33(41)22-7-5-4-6-8-22)34(42)37-25-11-16-28(17-12-25)48-31-21-32(40)39(35(31)43)26-13-9-23(10-14-26)36(44)47-3/h4-20,31H,21H2,1-3H3,(H,37,42)(H,38,41)/b29-20-. The molecule has 244 valence electrons. The number of carbonyl (C=O) groups excluding carboxylic acids is 5. The highest BCUT2D eigenvalue weighted by Crippen LogP contribution is 2.35. The summed E-state index contributed by atoms with van der Waals surface area (Å²) < 4.78 is 15.5. The molecule has 5 rings (SSSR count). The molecule has 4 aromatic rings. The minimum Gasteiger partial charge on any atom is -0.497 e. The number of carbonyl (C=O) groups is 5. The van der Waals surface area contributed by atoms with Crippen molar-refractivity contribution in [2.45, 2.75) is 16.6 Å². The first-order valence-corrected chi connectivity index (χ1v) is 15.5. The summed E-state index contributed by atoms with van der Waals surface area (Å²) in [5, 5.41) is 4.85. The molecular formula is C36H31N3O8S. The van der Waals surface area contributed by atoms with Crippen molar-refractivity contribution in [3.63, 3.8) is 0 Å². The van der Waals surface area contributed by atoms with E-state index in [1.807, 2.05) is 0 Å². The van der Waals surface area contributed by atoms with Crippen molar-refractivity contribution >= 4 is 58.8 Å². The molecule has 1 saturated heterocycles. The smallest absolute Gasteiger partial charge is 0.337 e. The van der Waals surface area contributed by atoms with E-state index in [4.69, 9.17) is 14.2 Å². The average molecular weight is 666 g/mol. The van der Waals surface area contributed by atoms with Gasteiger partial charge in [0, 0.05) is 28.1 Å². The summed E-state index contributed by atoms with van der Waals surface area (Å²) in [5.74, 6) is -1.30. The zero-order chi connectivity index (χ0) is 34.2. The first-order chi connectivity index (χ1) is 23.2. The molecule has 1 fully saturated rings. The summed E-state index contributed by atoms with van der Waals surface area (Å²) in [5.41, 5.74) is 1.94. The monoisotopic (exact) mass is 665 g/mol.